The summed E-state index contributed by atoms with van der Waals surface area (Å²) in [5.41, 5.74) is 0. The van der Waals surface area contributed by atoms with Crippen molar-refractivity contribution in [3.05, 3.63) is 30.3 Å². The number of ether oxygens (including phenoxy) is 1. The van der Waals surface area contributed by atoms with Crippen molar-refractivity contribution in [2.24, 2.45) is 0 Å². The van der Waals surface area contributed by atoms with Crippen LogP contribution in [0.25, 0.3) is 0 Å². The van der Waals surface area contributed by atoms with E-state index in [1.54, 1.807) is 0 Å². The van der Waals surface area contributed by atoms with Crippen LogP contribution in [0.1, 0.15) is 0 Å². The quantitative estimate of drug-likeness (QED) is 0.833. The van der Waals surface area contributed by atoms with Gasteiger partial charge in [0, 0.05) is 26.2 Å². The molecule has 4 heteroatoms. The number of aliphatic hydroxyl groups excluding tert-OH is 1. The molecular weight excluding hydrogens is 228 g/mol. The lowest BCUT2D eigenvalue weighted by atomic mass is 10.2. The van der Waals surface area contributed by atoms with Crippen molar-refractivity contribution in [2.45, 2.75) is 6.04 Å². The maximum absolute atomic E-state index is 9.49. The highest BCUT2D eigenvalue weighted by Crippen LogP contribution is 2.11. The van der Waals surface area contributed by atoms with E-state index in [0.717, 1.165) is 31.9 Å². The van der Waals surface area contributed by atoms with E-state index in [9.17, 15) is 5.11 Å². The fourth-order valence-electron chi connectivity index (χ4n) is 2.17. The Morgan fingerprint density at radius 1 is 1.17 bits per heavy atom. The zero-order valence-electron chi connectivity index (χ0n) is 11.0. The van der Waals surface area contributed by atoms with Crippen molar-refractivity contribution in [1.29, 1.82) is 0 Å². The van der Waals surface area contributed by atoms with Gasteiger partial charge in [-0.1, -0.05) is 18.2 Å². The minimum Gasteiger partial charge on any atom is -0.492 e. The van der Waals surface area contributed by atoms with E-state index in [1.165, 1.54) is 0 Å². The third-order valence-corrected chi connectivity index (χ3v) is 3.45. The van der Waals surface area contributed by atoms with E-state index in [4.69, 9.17) is 4.74 Å². The summed E-state index contributed by atoms with van der Waals surface area (Å²) in [6.45, 7) is 4.81. The van der Waals surface area contributed by atoms with Crippen LogP contribution in [0.15, 0.2) is 30.3 Å². The van der Waals surface area contributed by atoms with Crippen LogP contribution in [0.5, 0.6) is 5.75 Å². The molecule has 1 aromatic carbocycles. The van der Waals surface area contributed by atoms with Crippen molar-refractivity contribution in [2.75, 3.05) is 46.4 Å². The first kappa shape index (κ1) is 13.3. The molecule has 2 rings (SSSR count). The van der Waals surface area contributed by atoms with E-state index in [-0.39, 0.29) is 12.6 Å². The standard InChI is InChI=1S/C14H22N2O2/c1-15-7-9-16(10-8-15)13(11-17)12-18-14-5-3-2-4-6-14/h2-6,13,17H,7-12H2,1H3. The van der Waals surface area contributed by atoms with Crippen LogP contribution in [0.3, 0.4) is 0 Å². The van der Waals surface area contributed by atoms with Gasteiger partial charge in [-0.2, -0.15) is 0 Å². The average Bonchev–Trinajstić information content (AvgIpc) is 2.42. The number of likely N-dealkylation sites (N-methyl/N-ethyl adjacent to an activating group) is 1. The van der Waals surface area contributed by atoms with Gasteiger partial charge in [-0.25, -0.2) is 0 Å². The third kappa shape index (κ3) is 3.70. The third-order valence-electron chi connectivity index (χ3n) is 3.45. The normalized spacial score (nSPS) is 19.7. The van der Waals surface area contributed by atoms with E-state index < -0.39 is 0 Å². The lowest BCUT2D eigenvalue weighted by Gasteiger charge is -2.37. The first-order valence-electron chi connectivity index (χ1n) is 6.51. The highest BCUT2D eigenvalue weighted by molar-refractivity contribution is 5.20. The van der Waals surface area contributed by atoms with Crippen LogP contribution in [0, 0.1) is 0 Å². The molecule has 0 aromatic heterocycles. The smallest absolute Gasteiger partial charge is 0.119 e. The molecule has 1 aromatic rings. The second-order valence-corrected chi connectivity index (χ2v) is 4.80. The molecule has 0 spiro atoms. The Bertz CT molecular complexity index is 337. The van der Waals surface area contributed by atoms with Crippen LogP contribution in [0.2, 0.25) is 0 Å². The molecule has 1 saturated heterocycles. The van der Waals surface area contributed by atoms with Gasteiger partial charge in [0.15, 0.2) is 0 Å². The fourth-order valence-corrected chi connectivity index (χ4v) is 2.17. The number of hydrogen-bond acceptors (Lipinski definition) is 4. The summed E-state index contributed by atoms with van der Waals surface area (Å²) in [6, 6.07) is 9.87. The van der Waals surface area contributed by atoms with Gasteiger partial charge < -0.3 is 14.7 Å². The van der Waals surface area contributed by atoms with Gasteiger partial charge in [-0.05, 0) is 19.2 Å². The molecule has 100 valence electrons. The lowest BCUT2D eigenvalue weighted by molar-refractivity contribution is 0.0483. The highest BCUT2D eigenvalue weighted by Gasteiger charge is 2.22. The Kier molecular flexibility index (Phi) is 4.99. The Labute approximate surface area is 109 Å². The van der Waals surface area contributed by atoms with Gasteiger partial charge in [0.1, 0.15) is 12.4 Å². The molecule has 0 saturated carbocycles. The monoisotopic (exact) mass is 250 g/mol. The molecule has 4 nitrogen and oxygen atoms in total. The van der Waals surface area contributed by atoms with Crippen molar-refractivity contribution in [3.63, 3.8) is 0 Å². The number of piperazine rings is 1. The van der Waals surface area contributed by atoms with Gasteiger partial charge >= 0.3 is 0 Å². The Hall–Kier alpha value is -1.10. The van der Waals surface area contributed by atoms with Gasteiger partial charge in [0.25, 0.3) is 0 Å². The molecule has 1 aliphatic rings. The molecule has 1 atom stereocenters. The largest absolute Gasteiger partial charge is 0.492 e. The first-order valence-corrected chi connectivity index (χ1v) is 6.51. The van der Waals surface area contributed by atoms with Gasteiger partial charge in [0.05, 0.1) is 12.6 Å². The maximum Gasteiger partial charge on any atom is 0.119 e. The van der Waals surface area contributed by atoms with E-state index in [0.29, 0.717) is 6.61 Å². The van der Waals surface area contributed by atoms with Gasteiger partial charge in [-0.3, -0.25) is 4.90 Å². The summed E-state index contributed by atoms with van der Waals surface area (Å²) < 4.78 is 5.72. The zero-order valence-corrected chi connectivity index (χ0v) is 11.0. The SMILES string of the molecule is CN1CCN(C(CO)COc2ccccc2)CC1. The minimum atomic E-state index is 0.0962. The van der Waals surface area contributed by atoms with E-state index in [2.05, 4.69) is 16.8 Å². The molecule has 1 N–H and O–H groups in total. The van der Waals surface area contributed by atoms with Crippen LogP contribution < -0.4 is 4.74 Å². The van der Waals surface area contributed by atoms with Crippen molar-refractivity contribution in [3.8, 4) is 5.75 Å². The highest BCUT2D eigenvalue weighted by atomic mass is 16.5. The summed E-state index contributed by atoms with van der Waals surface area (Å²) in [5.74, 6) is 0.866. The number of benzene rings is 1. The number of para-hydroxylation sites is 1. The molecule has 18 heavy (non-hydrogen) atoms. The Morgan fingerprint density at radius 3 is 2.44 bits per heavy atom. The molecule has 1 aliphatic heterocycles. The fraction of sp³-hybridized carbons (Fsp3) is 0.571. The predicted octanol–water partition coefficient (Wildman–Crippen LogP) is 0.674. The molecule has 1 heterocycles. The number of hydrogen-bond donors (Lipinski definition) is 1. The topological polar surface area (TPSA) is 35.9 Å². The lowest BCUT2D eigenvalue weighted by Crippen LogP contribution is -2.52. The van der Waals surface area contributed by atoms with E-state index in [1.807, 2.05) is 30.3 Å². The molecule has 1 unspecified atom stereocenters. The summed E-state index contributed by atoms with van der Waals surface area (Å²) in [5, 5.41) is 9.49. The van der Waals surface area contributed by atoms with Crippen LogP contribution in [-0.2, 0) is 0 Å². The number of aliphatic hydroxyl groups is 1. The van der Waals surface area contributed by atoms with Crippen molar-refractivity contribution in [1.82, 2.24) is 9.80 Å². The first-order chi connectivity index (χ1) is 8.79. The van der Waals surface area contributed by atoms with Gasteiger partial charge in [0.2, 0.25) is 0 Å². The zero-order chi connectivity index (χ0) is 12.8. The summed E-state index contributed by atoms with van der Waals surface area (Å²) in [6.07, 6.45) is 0. The second kappa shape index (κ2) is 6.73. The average molecular weight is 250 g/mol. The van der Waals surface area contributed by atoms with Crippen molar-refractivity contribution < 1.29 is 9.84 Å². The van der Waals surface area contributed by atoms with Crippen LogP contribution in [-0.4, -0.2) is 67.4 Å². The predicted molar refractivity (Wildman–Crippen MR) is 71.9 cm³/mol. The maximum atomic E-state index is 9.49. The Balaban J connectivity index is 1.82. The Morgan fingerprint density at radius 2 is 1.83 bits per heavy atom. The minimum absolute atomic E-state index is 0.0962. The van der Waals surface area contributed by atoms with E-state index >= 15 is 0 Å². The second-order valence-electron chi connectivity index (χ2n) is 4.80. The van der Waals surface area contributed by atoms with Crippen molar-refractivity contribution >= 4 is 0 Å². The number of nitrogens with zero attached hydrogens (tertiary/aromatic N) is 2. The number of rotatable bonds is 5. The van der Waals surface area contributed by atoms with Gasteiger partial charge in [-0.15, -0.1) is 0 Å². The van der Waals surface area contributed by atoms with Crippen LogP contribution >= 0.6 is 0 Å². The molecular formula is C14H22N2O2. The molecule has 0 amide bonds. The summed E-state index contributed by atoms with van der Waals surface area (Å²) in [7, 11) is 2.13. The molecule has 1 fully saturated rings. The molecule has 0 radical (unpaired) electrons. The van der Waals surface area contributed by atoms with Crippen LogP contribution in [0.4, 0.5) is 0 Å². The molecule has 0 bridgehead atoms. The molecule has 0 aliphatic carbocycles. The summed E-state index contributed by atoms with van der Waals surface area (Å²) >= 11 is 0. The summed E-state index contributed by atoms with van der Waals surface area (Å²) in [4.78, 5) is 4.62.